The second-order valence-electron chi connectivity index (χ2n) is 6.65. The number of carbonyl (C=O) groups excluding carboxylic acids is 1. The fourth-order valence-corrected chi connectivity index (χ4v) is 3.53. The maximum Gasteiger partial charge on any atom is 0.334 e. The minimum atomic E-state index is -0.768. The molecule has 1 amide bonds. The summed E-state index contributed by atoms with van der Waals surface area (Å²) < 4.78 is 13.4. The van der Waals surface area contributed by atoms with Gasteiger partial charge in [0.2, 0.25) is 6.79 Å². The lowest BCUT2D eigenvalue weighted by Crippen LogP contribution is -2.21. The molecule has 0 radical (unpaired) electrons. The van der Waals surface area contributed by atoms with Gasteiger partial charge in [-0.3, -0.25) is 9.36 Å². The number of halogens is 1. The summed E-state index contributed by atoms with van der Waals surface area (Å²) in [7, 11) is 1.53. The van der Waals surface area contributed by atoms with E-state index in [1.54, 1.807) is 42.5 Å². The molecule has 30 heavy (non-hydrogen) atoms. The molecule has 0 unspecified atom stereocenters. The molecule has 1 aliphatic rings. The van der Waals surface area contributed by atoms with Crippen molar-refractivity contribution in [2.45, 2.75) is 0 Å². The third-order valence-corrected chi connectivity index (χ3v) is 5.09. The van der Waals surface area contributed by atoms with Crippen LogP contribution in [0.4, 0.5) is 0 Å². The number of nitrogens with two attached hydrogens (primary N) is 1. The number of primary amides is 1. The molecule has 1 aliphatic heterocycles. The van der Waals surface area contributed by atoms with Gasteiger partial charge in [0, 0.05) is 23.7 Å². The Kier molecular flexibility index (Phi) is 4.00. The van der Waals surface area contributed by atoms with Crippen LogP contribution in [0.25, 0.3) is 28.2 Å². The Morgan fingerprint density at radius 3 is 2.57 bits per heavy atom. The molecule has 2 N–H and O–H groups in total. The van der Waals surface area contributed by atoms with Crippen LogP contribution < -0.4 is 20.9 Å². The van der Waals surface area contributed by atoms with Crippen LogP contribution >= 0.6 is 11.6 Å². The quantitative estimate of drug-likeness (QED) is 0.540. The molecule has 150 valence electrons. The van der Waals surface area contributed by atoms with Crippen LogP contribution in [0.15, 0.2) is 47.3 Å². The largest absolute Gasteiger partial charge is 0.454 e. The third-order valence-electron chi connectivity index (χ3n) is 4.84. The van der Waals surface area contributed by atoms with Crippen molar-refractivity contribution < 1.29 is 14.3 Å². The predicted molar refractivity (Wildman–Crippen MR) is 109 cm³/mol. The van der Waals surface area contributed by atoms with E-state index in [0.29, 0.717) is 27.8 Å². The Labute approximate surface area is 174 Å². The van der Waals surface area contributed by atoms with Crippen LogP contribution in [-0.2, 0) is 7.05 Å². The van der Waals surface area contributed by atoms with E-state index in [1.807, 2.05) is 0 Å². The summed E-state index contributed by atoms with van der Waals surface area (Å²) in [5, 5.41) is 0.548. The molecule has 5 rings (SSSR count). The van der Waals surface area contributed by atoms with E-state index in [2.05, 4.69) is 9.97 Å². The molecule has 9 nitrogen and oxygen atoms in total. The number of nitrogens with zero attached hydrogens (tertiary/aromatic N) is 4. The van der Waals surface area contributed by atoms with Gasteiger partial charge in [-0.25, -0.2) is 19.3 Å². The van der Waals surface area contributed by atoms with Crippen molar-refractivity contribution in [3.63, 3.8) is 0 Å². The lowest BCUT2D eigenvalue weighted by molar-refractivity contribution is 0.0997. The molecule has 0 fully saturated rings. The highest BCUT2D eigenvalue weighted by Gasteiger charge is 2.24. The van der Waals surface area contributed by atoms with Crippen molar-refractivity contribution in [3.05, 3.63) is 63.7 Å². The lowest BCUT2D eigenvalue weighted by atomic mass is 10.2. The monoisotopic (exact) mass is 423 g/mol. The summed E-state index contributed by atoms with van der Waals surface area (Å²) in [6.07, 6.45) is 0. The Morgan fingerprint density at radius 2 is 1.83 bits per heavy atom. The van der Waals surface area contributed by atoms with Crippen molar-refractivity contribution in [2.75, 3.05) is 6.79 Å². The fraction of sp³-hybridized carbons (Fsp3) is 0.100. The highest BCUT2D eigenvalue weighted by molar-refractivity contribution is 6.30. The van der Waals surface area contributed by atoms with Gasteiger partial charge in [0.25, 0.3) is 5.91 Å². The molecule has 0 saturated carbocycles. The number of aryl methyl sites for hydroxylation is 1. The smallest absolute Gasteiger partial charge is 0.334 e. The number of carbonyl (C=O) groups is 1. The van der Waals surface area contributed by atoms with Crippen LogP contribution in [0.3, 0.4) is 0 Å². The maximum atomic E-state index is 13.1. The molecule has 0 saturated heterocycles. The summed E-state index contributed by atoms with van der Waals surface area (Å²) in [5.41, 5.74) is 6.73. The topological polar surface area (TPSA) is 114 Å². The van der Waals surface area contributed by atoms with E-state index in [1.165, 1.54) is 16.2 Å². The average Bonchev–Trinajstić information content (AvgIpc) is 3.30. The van der Waals surface area contributed by atoms with Crippen LogP contribution in [0, 0.1) is 0 Å². The molecule has 10 heteroatoms. The Morgan fingerprint density at radius 1 is 1.10 bits per heavy atom. The number of amides is 1. The minimum Gasteiger partial charge on any atom is -0.454 e. The molecular weight excluding hydrogens is 410 g/mol. The first-order chi connectivity index (χ1) is 14.4. The van der Waals surface area contributed by atoms with E-state index in [-0.39, 0.29) is 29.5 Å². The van der Waals surface area contributed by atoms with E-state index in [0.717, 1.165) is 0 Å². The number of ether oxygens (including phenoxy) is 2. The molecule has 3 heterocycles. The van der Waals surface area contributed by atoms with Gasteiger partial charge in [-0.05, 0) is 36.4 Å². The van der Waals surface area contributed by atoms with Gasteiger partial charge in [0.05, 0.1) is 5.69 Å². The number of benzene rings is 2. The standard InChI is InChI=1S/C20H14ClN5O4/c1-25-16-15(17(22)27)23-18(10-2-4-11(21)5-3-10)24-19(16)26(20(25)28)12-6-7-13-14(8-12)30-9-29-13/h2-8H,9H2,1H3,(H2,22,27). The molecule has 2 aromatic heterocycles. The van der Waals surface area contributed by atoms with Crippen molar-refractivity contribution in [3.8, 4) is 28.6 Å². The highest BCUT2D eigenvalue weighted by atomic mass is 35.5. The number of hydrogen-bond acceptors (Lipinski definition) is 6. The first-order valence-corrected chi connectivity index (χ1v) is 9.27. The number of imidazole rings is 1. The van der Waals surface area contributed by atoms with Crippen molar-refractivity contribution in [1.82, 2.24) is 19.1 Å². The van der Waals surface area contributed by atoms with E-state index >= 15 is 0 Å². The molecule has 0 bridgehead atoms. The molecule has 0 atom stereocenters. The van der Waals surface area contributed by atoms with Gasteiger partial charge >= 0.3 is 5.69 Å². The number of aromatic nitrogens is 4. The minimum absolute atomic E-state index is 0.0518. The summed E-state index contributed by atoms with van der Waals surface area (Å²) in [4.78, 5) is 34.1. The molecular formula is C20H14ClN5O4. The Balaban J connectivity index is 1.83. The van der Waals surface area contributed by atoms with Crippen LogP contribution in [0.2, 0.25) is 5.02 Å². The molecule has 0 spiro atoms. The third kappa shape index (κ3) is 2.71. The zero-order valence-corrected chi connectivity index (χ0v) is 16.4. The van der Waals surface area contributed by atoms with Gasteiger partial charge in [0.1, 0.15) is 5.52 Å². The number of hydrogen-bond donors (Lipinski definition) is 1. The Bertz CT molecular complexity index is 1390. The first-order valence-electron chi connectivity index (χ1n) is 8.89. The van der Waals surface area contributed by atoms with Gasteiger partial charge in [0.15, 0.2) is 28.7 Å². The van der Waals surface area contributed by atoms with E-state index in [9.17, 15) is 9.59 Å². The second-order valence-corrected chi connectivity index (χ2v) is 7.09. The first kappa shape index (κ1) is 18.2. The Hall–Kier alpha value is -3.85. The van der Waals surface area contributed by atoms with Gasteiger partial charge in [-0.15, -0.1) is 0 Å². The lowest BCUT2D eigenvalue weighted by Gasteiger charge is -2.07. The predicted octanol–water partition coefficient (Wildman–Crippen LogP) is 2.27. The van der Waals surface area contributed by atoms with Crippen LogP contribution in [-0.4, -0.2) is 31.8 Å². The summed E-state index contributed by atoms with van der Waals surface area (Å²) in [6, 6.07) is 11.9. The van der Waals surface area contributed by atoms with E-state index < -0.39 is 11.6 Å². The number of rotatable bonds is 3. The zero-order chi connectivity index (χ0) is 21.0. The van der Waals surface area contributed by atoms with Crippen molar-refractivity contribution in [2.24, 2.45) is 12.8 Å². The summed E-state index contributed by atoms with van der Waals surface area (Å²) >= 11 is 5.97. The van der Waals surface area contributed by atoms with Crippen LogP contribution in [0.1, 0.15) is 10.5 Å². The van der Waals surface area contributed by atoms with E-state index in [4.69, 9.17) is 26.8 Å². The van der Waals surface area contributed by atoms with Crippen molar-refractivity contribution >= 4 is 28.7 Å². The highest BCUT2D eigenvalue weighted by Crippen LogP contribution is 2.34. The van der Waals surface area contributed by atoms with Gasteiger partial charge in [-0.2, -0.15) is 0 Å². The van der Waals surface area contributed by atoms with Gasteiger partial charge < -0.3 is 15.2 Å². The SMILES string of the molecule is Cn1c(=O)n(-c2ccc3c(c2)OCO3)c2nc(-c3ccc(Cl)cc3)nc(C(N)=O)c21. The maximum absolute atomic E-state index is 13.1. The average molecular weight is 424 g/mol. The summed E-state index contributed by atoms with van der Waals surface area (Å²) in [5.74, 6) is 0.573. The normalized spacial score (nSPS) is 12.5. The zero-order valence-electron chi connectivity index (χ0n) is 15.6. The van der Waals surface area contributed by atoms with Gasteiger partial charge in [-0.1, -0.05) is 11.6 Å². The number of fused-ring (bicyclic) bond motifs is 2. The molecule has 2 aromatic carbocycles. The molecule has 4 aromatic rings. The molecule has 0 aliphatic carbocycles. The second kappa shape index (κ2) is 6.60. The fourth-order valence-electron chi connectivity index (χ4n) is 3.40. The van der Waals surface area contributed by atoms with Crippen molar-refractivity contribution in [1.29, 1.82) is 0 Å². The summed E-state index contributed by atoms with van der Waals surface area (Å²) in [6.45, 7) is 0.109. The van der Waals surface area contributed by atoms with Crippen LogP contribution in [0.5, 0.6) is 11.5 Å².